The number of nitrogens with zero attached hydrogens (tertiary/aromatic N) is 3. The zero-order chi connectivity index (χ0) is 38.2. The van der Waals surface area contributed by atoms with E-state index in [2.05, 4.69) is 18.2 Å². The summed E-state index contributed by atoms with van der Waals surface area (Å²) in [6.45, 7) is 0. The molecule has 0 aliphatic carbocycles. The number of hydrogen-bond donors (Lipinski definition) is 0. The highest BCUT2D eigenvalue weighted by Crippen LogP contribution is 2.45. The average molecular weight is 680 g/mol. The lowest BCUT2D eigenvalue weighted by Crippen LogP contribution is -2.00. The van der Waals surface area contributed by atoms with E-state index in [0.717, 1.165) is 53.8 Å². The van der Waals surface area contributed by atoms with E-state index in [1.807, 2.05) is 109 Å². The van der Waals surface area contributed by atoms with Crippen LogP contribution in [0.5, 0.6) is 0 Å². The first-order chi connectivity index (χ1) is 27.3. The molecule has 0 saturated heterocycles. The number of hydrogen-bond acceptors (Lipinski definition) is 5. The van der Waals surface area contributed by atoms with E-state index in [4.69, 9.17) is 17.7 Å². The number of thiophene rings is 2. The molecule has 0 aliphatic rings. The molecule has 0 fully saturated rings. The van der Waals surface area contributed by atoms with Gasteiger partial charge in [0.1, 0.15) is 0 Å². The van der Waals surface area contributed by atoms with Gasteiger partial charge in [-0.05, 0) is 52.5 Å². The Hall–Kier alpha value is -6.01. The molecule has 0 amide bonds. The summed E-state index contributed by atoms with van der Waals surface area (Å²) >= 11 is 2.80. The zero-order valence-electron chi connectivity index (χ0n) is 32.3. The smallest absolute Gasteiger partial charge is 0.164 e. The van der Waals surface area contributed by atoms with Crippen molar-refractivity contribution in [3.8, 4) is 56.4 Å². The van der Waals surface area contributed by atoms with E-state index in [1.54, 1.807) is 11.3 Å². The van der Waals surface area contributed by atoms with Crippen LogP contribution in [0.25, 0.3) is 96.8 Å². The Morgan fingerprint density at radius 2 is 1.00 bits per heavy atom. The van der Waals surface area contributed by atoms with Crippen LogP contribution in [0.15, 0.2) is 164 Å². The van der Waals surface area contributed by atoms with Crippen LogP contribution in [0.3, 0.4) is 0 Å². The highest BCUT2D eigenvalue weighted by atomic mass is 32.1. The summed E-state index contributed by atoms with van der Waals surface area (Å²) < 4.78 is 59.2. The minimum atomic E-state index is -0.312. The monoisotopic (exact) mass is 679 g/mol. The van der Waals surface area contributed by atoms with Gasteiger partial charge in [-0.3, -0.25) is 0 Å². The maximum Gasteiger partial charge on any atom is 0.164 e. The van der Waals surface area contributed by atoms with Gasteiger partial charge in [0.15, 0.2) is 17.5 Å². The minimum absolute atomic E-state index is 0.0537. The van der Waals surface area contributed by atoms with Crippen LogP contribution in [0, 0.1) is 0 Å². The summed E-state index contributed by atoms with van der Waals surface area (Å²) in [5.41, 5.74) is 4.57. The Labute approximate surface area is 305 Å². The average Bonchev–Trinajstić information content (AvgIpc) is 3.83. The molecule has 10 aromatic rings. The first-order valence-electron chi connectivity index (χ1n) is 19.1. The van der Waals surface area contributed by atoms with Gasteiger partial charge in [-0.1, -0.05) is 133 Å². The van der Waals surface area contributed by atoms with Crippen molar-refractivity contribution in [1.82, 2.24) is 15.0 Å². The first kappa shape index (κ1) is 23.4. The van der Waals surface area contributed by atoms with Crippen molar-refractivity contribution < 1.29 is 8.22 Å². The lowest BCUT2D eigenvalue weighted by atomic mass is 9.94. The van der Waals surface area contributed by atoms with Crippen molar-refractivity contribution in [3.63, 3.8) is 0 Å². The van der Waals surface area contributed by atoms with Gasteiger partial charge >= 0.3 is 0 Å². The molecular formula is C45H27N3S2. The molecule has 3 heterocycles. The zero-order valence-corrected chi connectivity index (χ0v) is 27.9. The van der Waals surface area contributed by atoms with Crippen LogP contribution in [0.2, 0.25) is 0 Å². The van der Waals surface area contributed by atoms with E-state index < -0.39 is 0 Å². The normalized spacial score (nSPS) is 13.3. The maximum atomic E-state index is 9.82. The number of rotatable bonds is 5. The molecule has 234 valence electrons. The van der Waals surface area contributed by atoms with Gasteiger partial charge in [-0.2, -0.15) is 0 Å². The summed E-state index contributed by atoms with van der Waals surface area (Å²) in [7, 11) is 0. The fourth-order valence-electron chi connectivity index (χ4n) is 6.52. The van der Waals surface area contributed by atoms with Gasteiger partial charge in [0.25, 0.3) is 0 Å². The lowest BCUT2D eigenvalue weighted by Gasteiger charge is -2.11. The molecule has 3 aromatic heterocycles. The van der Waals surface area contributed by atoms with Gasteiger partial charge in [0.2, 0.25) is 0 Å². The standard InChI is InChI=1S/C45H27N3S2/c1-4-13-28(14-5-1)32-25-36(42-33-19-10-11-21-37(33)49-40(42)27-32)31-23-24-34-39(26-31)50-38-22-12-20-35(41(34)38)45-47-43(29-15-6-2-7-16-29)46-44(48-45)30-17-8-3-9-18-30/h1-27H/i12D,20D,22D,23D,24D,26D. The molecule has 0 bridgehead atoms. The molecule has 0 aliphatic heterocycles. The van der Waals surface area contributed by atoms with Crippen LogP contribution in [-0.4, -0.2) is 15.0 Å². The molecule has 0 spiro atoms. The number of benzene rings is 7. The predicted molar refractivity (Wildman–Crippen MR) is 213 cm³/mol. The van der Waals surface area contributed by atoms with Crippen molar-refractivity contribution >= 4 is 63.0 Å². The number of fused-ring (bicyclic) bond motifs is 6. The van der Waals surface area contributed by atoms with Crippen molar-refractivity contribution in [1.29, 1.82) is 0 Å². The summed E-state index contributed by atoms with van der Waals surface area (Å²) in [5.74, 6) is 0.845. The Bertz CT molecular complexity index is 3150. The number of aromatic nitrogens is 3. The highest BCUT2D eigenvalue weighted by Gasteiger charge is 2.19. The summed E-state index contributed by atoms with van der Waals surface area (Å²) in [6, 6.07) is 40.2. The van der Waals surface area contributed by atoms with Gasteiger partial charge in [-0.25, -0.2) is 15.0 Å². The van der Waals surface area contributed by atoms with E-state index in [0.29, 0.717) is 37.6 Å². The third-order valence-electron chi connectivity index (χ3n) is 8.85. The topological polar surface area (TPSA) is 38.7 Å². The third kappa shape index (κ3) is 4.90. The molecule has 0 N–H and O–H groups in total. The fourth-order valence-corrected chi connectivity index (χ4v) is 8.71. The Balaban J connectivity index is 1.30. The quantitative estimate of drug-likeness (QED) is 0.182. The third-order valence-corrected chi connectivity index (χ3v) is 11.0. The summed E-state index contributed by atoms with van der Waals surface area (Å²) in [5, 5.41) is 2.52. The highest BCUT2D eigenvalue weighted by molar-refractivity contribution is 7.26. The predicted octanol–water partition coefficient (Wildman–Crippen LogP) is 12.9. The maximum absolute atomic E-state index is 9.82. The van der Waals surface area contributed by atoms with Gasteiger partial charge < -0.3 is 0 Å². The second-order valence-corrected chi connectivity index (χ2v) is 14.0. The molecule has 5 heteroatoms. The van der Waals surface area contributed by atoms with Crippen LogP contribution >= 0.6 is 22.7 Å². The molecule has 10 rings (SSSR count). The van der Waals surface area contributed by atoms with E-state index in [9.17, 15) is 5.48 Å². The molecular weight excluding hydrogens is 647 g/mol. The molecule has 50 heavy (non-hydrogen) atoms. The van der Waals surface area contributed by atoms with Crippen molar-refractivity contribution in [2.24, 2.45) is 0 Å². The molecule has 0 atom stereocenters. The second-order valence-electron chi connectivity index (χ2n) is 11.9. The largest absolute Gasteiger partial charge is 0.208 e. The fraction of sp³-hybridized carbons (Fsp3) is 0. The SMILES string of the molecule is [2H]c1c([2H])c(-c2nc(-c3ccccc3)nc(-c3ccccc3)n2)c2c(sc3c([2H])c(-c4cc(-c5ccccc5)cc5sc6ccccc6c45)c([2H])c([2H])c32)c1[2H]. The Kier molecular flexibility index (Phi) is 5.54. The van der Waals surface area contributed by atoms with E-state index >= 15 is 0 Å². The lowest BCUT2D eigenvalue weighted by molar-refractivity contribution is 1.08. The van der Waals surface area contributed by atoms with Crippen molar-refractivity contribution in [2.75, 3.05) is 0 Å². The van der Waals surface area contributed by atoms with Crippen LogP contribution in [0.1, 0.15) is 8.22 Å². The Morgan fingerprint density at radius 1 is 0.400 bits per heavy atom. The molecule has 0 unspecified atom stereocenters. The molecule has 7 aromatic carbocycles. The van der Waals surface area contributed by atoms with Gasteiger partial charge in [0.05, 0.1) is 8.22 Å². The molecule has 0 radical (unpaired) electrons. The van der Waals surface area contributed by atoms with Crippen LogP contribution in [0.4, 0.5) is 0 Å². The summed E-state index contributed by atoms with van der Waals surface area (Å²) in [6.07, 6.45) is 0. The summed E-state index contributed by atoms with van der Waals surface area (Å²) in [4.78, 5) is 14.5. The van der Waals surface area contributed by atoms with Gasteiger partial charge in [0, 0.05) is 57.0 Å². The van der Waals surface area contributed by atoms with Crippen LogP contribution in [-0.2, 0) is 0 Å². The van der Waals surface area contributed by atoms with E-state index in [1.165, 1.54) is 0 Å². The van der Waals surface area contributed by atoms with Crippen molar-refractivity contribution in [3.05, 3.63) is 164 Å². The Morgan fingerprint density at radius 3 is 1.72 bits per heavy atom. The molecule has 0 saturated carbocycles. The van der Waals surface area contributed by atoms with Gasteiger partial charge in [-0.15, -0.1) is 22.7 Å². The van der Waals surface area contributed by atoms with Crippen LogP contribution < -0.4 is 0 Å². The van der Waals surface area contributed by atoms with Crippen molar-refractivity contribution in [2.45, 2.75) is 0 Å². The second kappa shape index (κ2) is 11.8. The minimum Gasteiger partial charge on any atom is -0.208 e. The first-order valence-corrected chi connectivity index (χ1v) is 17.8. The van der Waals surface area contributed by atoms with E-state index in [-0.39, 0.29) is 53.0 Å². The molecule has 3 nitrogen and oxygen atoms in total.